The SMILES string of the molecule is COCC(N)C(=O)N1CCCCC1c1cn[nH]c1.Cl.Cl. The molecule has 1 aliphatic rings. The monoisotopic (exact) mass is 324 g/mol. The number of methoxy groups -OCH3 is 1. The van der Waals surface area contributed by atoms with E-state index in [0.29, 0.717) is 0 Å². The molecule has 0 aromatic carbocycles. The minimum Gasteiger partial charge on any atom is -0.383 e. The molecule has 2 rings (SSSR count). The Morgan fingerprint density at radius 1 is 1.60 bits per heavy atom. The van der Waals surface area contributed by atoms with Gasteiger partial charge in [-0.3, -0.25) is 9.89 Å². The Labute approximate surface area is 131 Å². The van der Waals surface area contributed by atoms with Gasteiger partial charge < -0.3 is 15.4 Å². The highest BCUT2D eigenvalue weighted by Crippen LogP contribution is 2.30. The third-order valence-electron chi connectivity index (χ3n) is 3.35. The maximum Gasteiger partial charge on any atom is 0.242 e. The molecule has 0 saturated carbocycles. The zero-order valence-corrected chi connectivity index (χ0v) is 13.1. The molecule has 20 heavy (non-hydrogen) atoms. The number of aromatic nitrogens is 2. The number of H-pyrrole nitrogens is 1. The number of nitrogens with zero attached hydrogens (tertiary/aromatic N) is 2. The first-order valence-electron chi connectivity index (χ1n) is 6.27. The molecule has 2 heterocycles. The summed E-state index contributed by atoms with van der Waals surface area (Å²) >= 11 is 0. The molecule has 2 atom stereocenters. The van der Waals surface area contributed by atoms with E-state index in [9.17, 15) is 4.79 Å². The zero-order valence-electron chi connectivity index (χ0n) is 11.4. The van der Waals surface area contributed by atoms with Gasteiger partial charge in [-0.05, 0) is 19.3 Å². The van der Waals surface area contributed by atoms with E-state index in [4.69, 9.17) is 10.5 Å². The number of rotatable bonds is 4. The summed E-state index contributed by atoms with van der Waals surface area (Å²) in [5.41, 5.74) is 6.88. The van der Waals surface area contributed by atoms with Crippen LogP contribution in [0.3, 0.4) is 0 Å². The fraction of sp³-hybridized carbons (Fsp3) is 0.667. The number of amides is 1. The third-order valence-corrected chi connectivity index (χ3v) is 3.35. The van der Waals surface area contributed by atoms with Crippen molar-refractivity contribution >= 4 is 30.7 Å². The molecule has 0 radical (unpaired) electrons. The highest BCUT2D eigenvalue weighted by molar-refractivity contribution is 5.85. The number of nitrogens with one attached hydrogen (secondary N) is 1. The van der Waals surface area contributed by atoms with Gasteiger partial charge in [-0.1, -0.05) is 0 Å². The molecule has 1 aromatic heterocycles. The van der Waals surface area contributed by atoms with Crippen LogP contribution in [-0.4, -0.2) is 47.3 Å². The first kappa shape index (κ1) is 19.2. The van der Waals surface area contributed by atoms with Crippen LogP contribution in [0.25, 0.3) is 0 Å². The van der Waals surface area contributed by atoms with E-state index >= 15 is 0 Å². The van der Waals surface area contributed by atoms with Crippen molar-refractivity contribution < 1.29 is 9.53 Å². The molecule has 6 nitrogen and oxygen atoms in total. The molecular weight excluding hydrogens is 303 g/mol. The summed E-state index contributed by atoms with van der Waals surface area (Å²) in [6.07, 6.45) is 6.74. The molecule has 1 saturated heterocycles. The number of hydrogen-bond donors (Lipinski definition) is 2. The lowest BCUT2D eigenvalue weighted by Gasteiger charge is -2.36. The molecule has 1 aliphatic heterocycles. The Morgan fingerprint density at radius 3 is 2.95 bits per heavy atom. The summed E-state index contributed by atoms with van der Waals surface area (Å²) in [7, 11) is 1.55. The van der Waals surface area contributed by atoms with Crippen LogP contribution in [0.5, 0.6) is 0 Å². The molecule has 3 N–H and O–H groups in total. The second-order valence-electron chi connectivity index (χ2n) is 4.64. The van der Waals surface area contributed by atoms with Crippen LogP contribution in [0.1, 0.15) is 30.9 Å². The van der Waals surface area contributed by atoms with Crippen LogP contribution >= 0.6 is 24.8 Å². The van der Waals surface area contributed by atoms with Gasteiger partial charge in [0.15, 0.2) is 0 Å². The average molecular weight is 325 g/mol. The van der Waals surface area contributed by atoms with Crippen LogP contribution in [0.2, 0.25) is 0 Å². The maximum absolute atomic E-state index is 12.3. The van der Waals surface area contributed by atoms with Crippen molar-refractivity contribution in [3.05, 3.63) is 18.0 Å². The number of hydrogen-bond acceptors (Lipinski definition) is 4. The Kier molecular flexibility index (Phi) is 8.80. The van der Waals surface area contributed by atoms with E-state index in [2.05, 4.69) is 10.2 Å². The van der Waals surface area contributed by atoms with Gasteiger partial charge in [-0.25, -0.2) is 0 Å². The van der Waals surface area contributed by atoms with Gasteiger partial charge in [-0.15, -0.1) is 24.8 Å². The molecule has 2 unspecified atom stereocenters. The van der Waals surface area contributed by atoms with Crippen LogP contribution in [0.15, 0.2) is 12.4 Å². The quantitative estimate of drug-likeness (QED) is 0.873. The minimum absolute atomic E-state index is 0. The van der Waals surface area contributed by atoms with E-state index in [0.717, 1.165) is 31.4 Å². The van der Waals surface area contributed by atoms with Gasteiger partial charge in [0, 0.05) is 25.4 Å². The fourth-order valence-electron chi connectivity index (χ4n) is 2.45. The summed E-state index contributed by atoms with van der Waals surface area (Å²) in [5, 5.41) is 6.75. The Hall–Kier alpha value is -0.820. The lowest BCUT2D eigenvalue weighted by atomic mass is 9.97. The van der Waals surface area contributed by atoms with E-state index in [1.54, 1.807) is 13.3 Å². The fourth-order valence-corrected chi connectivity index (χ4v) is 2.45. The van der Waals surface area contributed by atoms with E-state index in [1.807, 2.05) is 11.1 Å². The van der Waals surface area contributed by atoms with Crippen LogP contribution in [0, 0.1) is 0 Å². The maximum atomic E-state index is 12.3. The Morgan fingerprint density at radius 2 is 2.35 bits per heavy atom. The smallest absolute Gasteiger partial charge is 0.242 e. The van der Waals surface area contributed by atoms with Crippen molar-refractivity contribution in [1.82, 2.24) is 15.1 Å². The lowest BCUT2D eigenvalue weighted by Crippen LogP contribution is -2.49. The van der Waals surface area contributed by atoms with E-state index in [-0.39, 0.29) is 43.4 Å². The number of likely N-dealkylation sites (tertiary alicyclic amines) is 1. The van der Waals surface area contributed by atoms with Gasteiger partial charge >= 0.3 is 0 Å². The summed E-state index contributed by atoms with van der Waals surface area (Å²) in [6, 6.07) is -0.490. The van der Waals surface area contributed by atoms with Crippen molar-refractivity contribution in [3.63, 3.8) is 0 Å². The predicted molar refractivity (Wildman–Crippen MR) is 81.2 cm³/mol. The van der Waals surface area contributed by atoms with Crippen LogP contribution in [-0.2, 0) is 9.53 Å². The first-order valence-corrected chi connectivity index (χ1v) is 6.27. The largest absolute Gasteiger partial charge is 0.383 e. The first-order chi connectivity index (χ1) is 8.74. The van der Waals surface area contributed by atoms with Crippen LogP contribution in [0.4, 0.5) is 0 Å². The van der Waals surface area contributed by atoms with Gasteiger partial charge in [0.2, 0.25) is 5.91 Å². The summed E-state index contributed by atoms with van der Waals surface area (Å²) in [6.45, 7) is 1.01. The molecule has 1 amide bonds. The number of carbonyl (C=O) groups is 1. The molecule has 1 aromatic rings. The molecule has 0 aliphatic carbocycles. The number of ether oxygens (including phenoxy) is 1. The Balaban J connectivity index is 0.00000180. The number of halogens is 2. The Bertz CT molecular complexity index is 389. The second kappa shape index (κ2) is 9.18. The highest BCUT2D eigenvalue weighted by Gasteiger charge is 2.31. The molecule has 0 spiro atoms. The van der Waals surface area contributed by atoms with Gasteiger partial charge in [0.25, 0.3) is 0 Å². The average Bonchev–Trinajstić information content (AvgIpc) is 2.92. The zero-order chi connectivity index (χ0) is 13.0. The van der Waals surface area contributed by atoms with Crippen LogP contribution < -0.4 is 5.73 Å². The van der Waals surface area contributed by atoms with Gasteiger partial charge in [-0.2, -0.15) is 5.10 Å². The molecular formula is C12H22Cl2N4O2. The molecule has 8 heteroatoms. The summed E-state index contributed by atoms with van der Waals surface area (Å²) < 4.78 is 4.95. The topological polar surface area (TPSA) is 84.2 Å². The van der Waals surface area contributed by atoms with Gasteiger partial charge in [0.1, 0.15) is 6.04 Å². The van der Waals surface area contributed by atoms with Crippen molar-refractivity contribution in [2.75, 3.05) is 20.3 Å². The number of aromatic amines is 1. The van der Waals surface area contributed by atoms with Crippen molar-refractivity contribution in [2.45, 2.75) is 31.3 Å². The third kappa shape index (κ3) is 4.34. The molecule has 116 valence electrons. The normalized spacial score (nSPS) is 19.7. The highest BCUT2D eigenvalue weighted by atomic mass is 35.5. The van der Waals surface area contributed by atoms with Gasteiger partial charge in [0.05, 0.1) is 18.8 Å². The van der Waals surface area contributed by atoms with Crippen molar-refractivity contribution in [3.8, 4) is 0 Å². The number of piperidine rings is 1. The second-order valence-corrected chi connectivity index (χ2v) is 4.64. The van der Waals surface area contributed by atoms with Crippen molar-refractivity contribution in [2.24, 2.45) is 5.73 Å². The number of carbonyl (C=O) groups excluding carboxylic acids is 1. The van der Waals surface area contributed by atoms with E-state index < -0.39 is 6.04 Å². The van der Waals surface area contributed by atoms with Crippen molar-refractivity contribution in [1.29, 1.82) is 0 Å². The summed E-state index contributed by atoms with van der Waals surface area (Å²) in [5.74, 6) is -0.0391. The standard InChI is InChI=1S/C12H20N4O2.2ClH/c1-18-8-10(13)12(17)16-5-3-2-4-11(16)9-6-14-15-7-9;;/h6-7,10-11H,2-5,8,13H2,1H3,(H,14,15);2*1H. The molecule has 0 bridgehead atoms. The lowest BCUT2D eigenvalue weighted by molar-refractivity contribution is -0.137. The molecule has 1 fully saturated rings. The predicted octanol–water partition coefficient (Wildman–Crippen LogP) is 1.28. The van der Waals surface area contributed by atoms with E-state index in [1.165, 1.54) is 0 Å². The summed E-state index contributed by atoms with van der Waals surface area (Å²) in [4.78, 5) is 14.1. The minimum atomic E-state index is -0.581. The number of nitrogens with two attached hydrogens (primary N) is 1.